The molecule has 0 radical (unpaired) electrons. The van der Waals surface area contributed by atoms with E-state index in [1.165, 1.54) is 5.56 Å². The van der Waals surface area contributed by atoms with Crippen molar-refractivity contribution in [2.75, 3.05) is 75.9 Å². The van der Waals surface area contributed by atoms with Crippen LogP contribution in [-0.2, 0) is 27.3 Å². The van der Waals surface area contributed by atoms with Gasteiger partial charge < -0.3 is 33.9 Å². The lowest BCUT2D eigenvalue weighted by atomic mass is 9.82. The van der Waals surface area contributed by atoms with E-state index in [2.05, 4.69) is 55.3 Å². The Balaban J connectivity index is 0.708. The molecule has 0 bridgehead atoms. The summed E-state index contributed by atoms with van der Waals surface area (Å²) in [6, 6.07) is 17.4. The first kappa shape index (κ1) is 39.6. The van der Waals surface area contributed by atoms with Gasteiger partial charge in [0, 0.05) is 97.8 Å². The minimum atomic E-state index is -2.46. The molecule has 2 unspecified atom stereocenters. The third-order valence-electron chi connectivity index (χ3n) is 14.8. The lowest BCUT2D eigenvalue weighted by Gasteiger charge is -2.54. The summed E-state index contributed by atoms with van der Waals surface area (Å²) < 4.78 is 47.1. The Bertz CT molecular complexity index is 2440. The van der Waals surface area contributed by atoms with Crippen LogP contribution in [0.5, 0.6) is 11.5 Å². The van der Waals surface area contributed by atoms with Crippen LogP contribution in [0.15, 0.2) is 54.6 Å². The molecule has 1 spiro atoms. The van der Waals surface area contributed by atoms with Gasteiger partial charge in [0.15, 0.2) is 0 Å². The number of nitrogens with one attached hydrogen (secondary N) is 2. The fraction of sp³-hybridized carbons (Fsp3) is 0.511. The van der Waals surface area contributed by atoms with E-state index in [0.29, 0.717) is 49.0 Å². The topological polar surface area (TPSA) is 123 Å². The summed E-state index contributed by atoms with van der Waals surface area (Å²) in [4.78, 5) is 52.1. The fourth-order valence-corrected chi connectivity index (χ4v) is 11.6. The molecule has 7 aliphatic rings. The largest absolute Gasteiger partial charge is 0.496 e. The molecule has 13 nitrogen and oxygen atoms in total. The number of rotatable bonds is 8. The molecule has 4 fully saturated rings. The van der Waals surface area contributed by atoms with E-state index >= 15 is 0 Å². The van der Waals surface area contributed by atoms with Gasteiger partial charge >= 0.3 is 0 Å². The monoisotopic (exact) mass is 849 g/mol. The molecule has 8 heterocycles. The summed E-state index contributed by atoms with van der Waals surface area (Å²) in [5.41, 5.74) is 7.38. The van der Waals surface area contributed by atoms with Crippen LogP contribution in [0.1, 0.15) is 71.4 Å². The Morgan fingerprint density at radius 1 is 1.00 bits per heavy atom. The van der Waals surface area contributed by atoms with Crippen LogP contribution in [0.2, 0.25) is 0 Å². The zero-order valence-electron chi connectivity index (χ0n) is 35.2. The van der Waals surface area contributed by atoms with Crippen molar-refractivity contribution in [1.82, 2.24) is 25.0 Å². The van der Waals surface area contributed by atoms with Crippen LogP contribution in [-0.4, -0.2) is 134 Å². The first-order valence-corrected chi connectivity index (χ1v) is 22.2. The molecule has 3 amide bonds. The molecule has 0 aliphatic carbocycles. The number of hydrogen-bond donors (Lipinski definition) is 2. The number of amides is 3. The van der Waals surface area contributed by atoms with Gasteiger partial charge in [-0.15, -0.1) is 0 Å². The number of alkyl halides is 2. The Kier molecular flexibility index (Phi) is 9.72. The number of aromatic amines is 1. The predicted octanol–water partition coefficient (Wildman–Crippen LogP) is 5.11. The van der Waals surface area contributed by atoms with Crippen molar-refractivity contribution < 1.29 is 37.4 Å². The van der Waals surface area contributed by atoms with E-state index in [0.717, 1.165) is 97.8 Å². The number of hydrogen-bond acceptors (Lipinski definition) is 10. The molecule has 62 heavy (non-hydrogen) atoms. The zero-order chi connectivity index (χ0) is 42.4. The predicted molar refractivity (Wildman–Crippen MR) is 228 cm³/mol. The number of imide groups is 1. The smallest absolute Gasteiger partial charge is 0.255 e. The van der Waals surface area contributed by atoms with Gasteiger partial charge in [0.05, 0.1) is 38.0 Å². The van der Waals surface area contributed by atoms with E-state index in [1.807, 2.05) is 36.1 Å². The van der Waals surface area contributed by atoms with Gasteiger partial charge in [-0.05, 0) is 73.9 Å². The van der Waals surface area contributed by atoms with Crippen LogP contribution in [0.25, 0.3) is 10.9 Å². The summed E-state index contributed by atoms with van der Waals surface area (Å²) in [7, 11) is 1.66. The highest BCUT2D eigenvalue weighted by atomic mass is 19.3. The number of carbonyl (C=O) groups is 3. The molecule has 3 aromatic carbocycles. The molecule has 4 saturated heterocycles. The van der Waals surface area contributed by atoms with E-state index < -0.39 is 24.4 Å². The van der Waals surface area contributed by atoms with Gasteiger partial charge in [-0.2, -0.15) is 0 Å². The van der Waals surface area contributed by atoms with Crippen LogP contribution in [0, 0.1) is 5.92 Å². The quantitative estimate of drug-likeness (QED) is 0.232. The molecule has 0 saturated carbocycles. The number of methoxy groups -OCH3 is 1. The van der Waals surface area contributed by atoms with Crippen molar-refractivity contribution in [3.8, 4) is 11.5 Å². The number of benzene rings is 3. The number of nitrogens with zero attached hydrogens (tertiary/aromatic N) is 5. The highest BCUT2D eigenvalue weighted by Gasteiger charge is 2.48. The zero-order valence-corrected chi connectivity index (χ0v) is 35.2. The number of ether oxygens (including phenoxy) is 3. The third-order valence-corrected chi connectivity index (χ3v) is 14.8. The molecule has 2 N–H and O–H groups in total. The van der Waals surface area contributed by atoms with Crippen molar-refractivity contribution in [1.29, 1.82) is 0 Å². The average molecular weight is 850 g/mol. The number of piperazine rings is 1. The average Bonchev–Trinajstić information content (AvgIpc) is 3.78. The highest BCUT2D eigenvalue weighted by Crippen LogP contribution is 2.47. The molecular weight excluding hydrogens is 797 g/mol. The summed E-state index contributed by atoms with van der Waals surface area (Å²) in [5.74, 6) is 0.951. The third kappa shape index (κ3) is 6.69. The molecule has 326 valence electrons. The van der Waals surface area contributed by atoms with E-state index in [-0.39, 0.29) is 42.5 Å². The standard InChI is InChI=1S/C47H53F2N7O6/c1-27-15-35-32-5-3-4-6-36(32)50-43(35)44(55(27)22-41(48)49)33-8-7-30(17-39(33)60-2)53-25-47(26-53)12-11-28(23-62-47)19-52-13-14-54-31(21-52)24-61-40-18-34-29(16-38(40)54)20-56(46(34)59)37-9-10-42(57)51-45(37)58/h3-8,16-18,27-28,31,37,41,44,50H,9-15,19-26H2,1-2H3,(H,51,57,58)/t27-,28?,31+,37?,44-/m1/s1. The van der Waals surface area contributed by atoms with Gasteiger partial charge in [-0.1, -0.05) is 24.3 Å². The fourth-order valence-electron chi connectivity index (χ4n) is 11.6. The van der Waals surface area contributed by atoms with Gasteiger partial charge in [0.2, 0.25) is 11.8 Å². The van der Waals surface area contributed by atoms with Crippen molar-refractivity contribution in [3.63, 3.8) is 0 Å². The number of piperidine rings is 1. The van der Waals surface area contributed by atoms with Crippen LogP contribution < -0.4 is 24.6 Å². The van der Waals surface area contributed by atoms with E-state index in [1.54, 1.807) is 12.0 Å². The number of aromatic nitrogens is 1. The number of halogens is 2. The number of H-pyrrole nitrogens is 1. The summed E-state index contributed by atoms with van der Waals surface area (Å²) in [5, 5.41) is 3.53. The minimum Gasteiger partial charge on any atom is -0.496 e. The number of fused-ring (bicyclic) bond motifs is 7. The lowest BCUT2D eigenvalue weighted by molar-refractivity contribution is -0.136. The van der Waals surface area contributed by atoms with E-state index in [4.69, 9.17) is 14.2 Å². The van der Waals surface area contributed by atoms with Gasteiger partial charge in [0.1, 0.15) is 29.7 Å². The number of para-hydroxylation sites is 1. The molecule has 11 rings (SSSR count). The Hall–Kier alpha value is -5.25. The summed E-state index contributed by atoms with van der Waals surface area (Å²) in [6.07, 6.45) is 0.893. The van der Waals surface area contributed by atoms with Gasteiger partial charge in [0.25, 0.3) is 12.3 Å². The molecule has 7 aliphatic heterocycles. The first-order chi connectivity index (χ1) is 30.0. The second-order valence-electron chi connectivity index (χ2n) is 18.6. The van der Waals surface area contributed by atoms with Crippen LogP contribution in [0.4, 0.5) is 20.2 Å². The number of anilines is 2. The Morgan fingerprint density at radius 3 is 2.65 bits per heavy atom. The maximum atomic E-state index is 14.1. The Morgan fingerprint density at radius 2 is 1.85 bits per heavy atom. The van der Waals surface area contributed by atoms with Gasteiger partial charge in [-0.25, -0.2) is 8.78 Å². The SMILES string of the molecule is COc1cc(N2CC3(CCC(CN4CCN5c6cc7c(cc6OC[C@@H]5C4)C(=O)N(C4CCC(=O)NC4=O)C7)CO3)C2)ccc1[C@@H]1c2[nH]c3ccccc3c2C[C@@H](C)N1CC(F)F. The first-order valence-electron chi connectivity index (χ1n) is 22.2. The van der Waals surface area contributed by atoms with Gasteiger partial charge in [-0.3, -0.25) is 29.5 Å². The highest BCUT2D eigenvalue weighted by molar-refractivity contribution is 6.06. The second kappa shape index (κ2) is 15.2. The maximum Gasteiger partial charge on any atom is 0.255 e. The minimum absolute atomic E-state index is 0.0749. The molecule has 4 aromatic rings. The van der Waals surface area contributed by atoms with Crippen molar-refractivity contribution in [2.45, 2.75) is 81.8 Å². The second-order valence-corrected chi connectivity index (χ2v) is 18.6. The van der Waals surface area contributed by atoms with E-state index in [9.17, 15) is 23.2 Å². The molecule has 5 atom stereocenters. The number of carbonyl (C=O) groups excluding carboxylic acids is 3. The molecular formula is C47H53F2N7O6. The lowest BCUT2D eigenvalue weighted by Crippen LogP contribution is -2.65. The molecule has 15 heteroatoms. The normalized spacial score (nSPS) is 27.1. The Labute approximate surface area is 359 Å². The summed E-state index contributed by atoms with van der Waals surface area (Å²) >= 11 is 0. The maximum absolute atomic E-state index is 14.1. The van der Waals surface area contributed by atoms with Crippen molar-refractivity contribution >= 4 is 40.0 Å². The van der Waals surface area contributed by atoms with Crippen molar-refractivity contribution in [3.05, 3.63) is 82.5 Å². The van der Waals surface area contributed by atoms with Crippen molar-refractivity contribution in [2.24, 2.45) is 5.92 Å². The summed E-state index contributed by atoms with van der Waals surface area (Å²) in [6.45, 7) is 8.54. The molecule has 1 aromatic heterocycles. The van der Waals surface area contributed by atoms with Crippen LogP contribution >= 0.6 is 0 Å². The van der Waals surface area contributed by atoms with Crippen LogP contribution in [0.3, 0.4) is 0 Å².